The Hall–Kier alpha value is -1.63. The summed E-state index contributed by atoms with van der Waals surface area (Å²) in [6.45, 7) is 6.45. The fourth-order valence-electron chi connectivity index (χ4n) is 3.69. The summed E-state index contributed by atoms with van der Waals surface area (Å²) < 4.78 is 21.0. The lowest BCUT2D eigenvalue weighted by atomic mass is 10.0. The van der Waals surface area contributed by atoms with Crippen molar-refractivity contribution in [3.63, 3.8) is 0 Å². The number of hydrogen-bond acceptors (Lipinski definition) is 7. The minimum atomic E-state index is -0.680. The number of rotatable bonds is 22. The molecule has 2 unspecified atom stereocenters. The van der Waals surface area contributed by atoms with Crippen molar-refractivity contribution < 1.29 is 33.3 Å². The largest absolute Gasteiger partial charge is 0.462 e. The van der Waals surface area contributed by atoms with Crippen molar-refractivity contribution in [3.8, 4) is 0 Å². The zero-order valence-corrected chi connectivity index (χ0v) is 21.5. The maximum Gasteiger partial charge on any atom is 0.303 e. The smallest absolute Gasteiger partial charge is 0.303 e. The molecule has 0 heterocycles. The first-order valence-corrected chi connectivity index (χ1v) is 12.9. The molecule has 0 spiro atoms. The second-order valence-corrected chi connectivity index (χ2v) is 8.83. The fourth-order valence-corrected chi connectivity index (χ4v) is 3.69. The van der Waals surface area contributed by atoms with Crippen LogP contribution in [0, 0.1) is 0 Å². The van der Waals surface area contributed by atoms with Crippen LogP contribution < -0.4 is 0 Å². The van der Waals surface area contributed by atoms with Crippen LogP contribution in [0.15, 0.2) is 0 Å². The van der Waals surface area contributed by atoms with Gasteiger partial charge in [0.2, 0.25) is 0 Å². The standard InChI is InChI=1S/C26H48O7/c1-5-6-7-8-9-10-11-12-13-14-15-16-17-18-25(32-23(3)28)19-30-20-26(33-24(4)29)21-31-22(2)27/h25-26H,5-21H2,1-4H3. The van der Waals surface area contributed by atoms with Gasteiger partial charge in [0, 0.05) is 20.8 Å². The van der Waals surface area contributed by atoms with Crippen molar-refractivity contribution in [2.24, 2.45) is 0 Å². The quantitative estimate of drug-likeness (QED) is 0.110. The van der Waals surface area contributed by atoms with Gasteiger partial charge in [-0.15, -0.1) is 0 Å². The molecule has 0 aromatic rings. The van der Waals surface area contributed by atoms with Crippen molar-refractivity contribution in [2.45, 2.75) is 130 Å². The predicted octanol–water partition coefficient (Wildman–Crippen LogP) is 5.91. The topological polar surface area (TPSA) is 88.1 Å². The van der Waals surface area contributed by atoms with E-state index in [0.29, 0.717) is 0 Å². The second-order valence-electron chi connectivity index (χ2n) is 8.83. The number of carbonyl (C=O) groups excluding carboxylic acids is 3. The molecule has 0 rings (SSSR count). The molecule has 2 atom stereocenters. The monoisotopic (exact) mass is 472 g/mol. The van der Waals surface area contributed by atoms with Crippen LogP contribution in [0.5, 0.6) is 0 Å². The molecule has 0 fully saturated rings. The van der Waals surface area contributed by atoms with Crippen LogP contribution in [-0.2, 0) is 33.3 Å². The van der Waals surface area contributed by atoms with Crippen LogP contribution >= 0.6 is 0 Å². The van der Waals surface area contributed by atoms with E-state index >= 15 is 0 Å². The van der Waals surface area contributed by atoms with E-state index in [1.807, 2.05) is 0 Å². The Morgan fingerprint density at radius 3 is 1.42 bits per heavy atom. The molecule has 0 radical (unpaired) electrons. The summed E-state index contributed by atoms with van der Waals surface area (Å²) in [5, 5.41) is 0. The highest BCUT2D eigenvalue weighted by atomic mass is 16.6. The molecule has 7 nitrogen and oxygen atoms in total. The molecule has 0 aromatic carbocycles. The summed E-state index contributed by atoms with van der Waals surface area (Å²) in [6, 6.07) is 0. The number of hydrogen-bond donors (Lipinski definition) is 0. The first-order valence-electron chi connectivity index (χ1n) is 12.9. The Labute approximate surface area is 201 Å². The van der Waals surface area contributed by atoms with Gasteiger partial charge in [0.15, 0.2) is 6.10 Å². The van der Waals surface area contributed by atoms with E-state index < -0.39 is 18.0 Å². The molecular weight excluding hydrogens is 424 g/mol. The van der Waals surface area contributed by atoms with Crippen molar-refractivity contribution >= 4 is 17.9 Å². The van der Waals surface area contributed by atoms with E-state index in [9.17, 15) is 14.4 Å². The minimum absolute atomic E-state index is 0.0635. The third kappa shape index (κ3) is 23.3. The van der Waals surface area contributed by atoms with Gasteiger partial charge in [0.25, 0.3) is 0 Å². The van der Waals surface area contributed by atoms with Crippen LogP contribution in [0.25, 0.3) is 0 Å². The summed E-state index contributed by atoms with van der Waals surface area (Å²) in [4.78, 5) is 33.6. The zero-order valence-electron chi connectivity index (χ0n) is 21.5. The first kappa shape index (κ1) is 31.4. The van der Waals surface area contributed by atoms with E-state index in [-0.39, 0.29) is 31.9 Å². The van der Waals surface area contributed by atoms with Gasteiger partial charge in [0.1, 0.15) is 12.7 Å². The molecule has 0 aromatic heterocycles. The number of ether oxygens (including phenoxy) is 4. The maximum atomic E-state index is 11.4. The highest BCUT2D eigenvalue weighted by Crippen LogP contribution is 2.14. The van der Waals surface area contributed by atoms with Crippen molar-refractivity contribution in [1.82, 2.24) is 0 Å². The average Bonchev–Trinajstić information content (AvgIpc) is 2.74. The van der Waals surface area contributed by atoms with Gasteiger partial charge in [-0.2, -0.15) is 0 Å². The lowest BCUT2D eigenvalue weighted by Gasteiger charge is -2.20. The summed E-state index contributed by atoms with van der Waals surface area (Å²) >= 11 is 0. The van der Waals surface area contributed by atoms with Crippen LogP contribution in [0.2, 0.25) is 0 Å². The predicted molar refractivity (Wildman–Crippen MR) is 129 cm³/mol. The summed E-state index contributed by atoms with van der Waals surface area (Å²) in [6.07, 6.45) is 16.4. The van der Waals surface area contributed by atoms with Crippen molar-refractivity contribution in [3.05, 3.63) is 0 Å². The molecule has 0 bridgehead atoms. The lowest BCUT2D eigenvalue weighted by Crippen LogP contribution is -2.31. The van der Waals surface area contributed by atoms with Crippen LogP contribution in [0.4, 0.5) is 0 Å². The van der Waals surface area contributed by atoms with Gasteiger partial charge in [-0.25, -0.2) is 0 Å². The molecule has 0 saturated heterocycles. The molecule has 0 aliphatic carbocycles. The van der Waals surface area contributed by atoms with Crippen molar-refractivity contribution in [2.75, 3.05) is 19.8 Å². The lowest BCUT2D eigenvalue weighted by molar-refractivity contribution is -0.162. The number of esters is 3. The van der Waals surface area contributed by atoms with Gasteiger partial charge >= 0.3 is 17.9 Å². The Kier molecular flexibility index (Phi) is 21.1. The van der Waals surface area contributed by atoms with Crippen LogP contribution in [0.1, 0.15) is 118 Å². The summed E-state index contributed by atoms with van der Waals surface area (Å²) in [5.41, 5.74) is 0. The van der Waals surface area contributed by atoms with Crippen LogP contribution in [-0.4, -0.2) is 49.9 Å². The molecule has 194 valence electrons. The fraction of sp³-hybridized carbons (Fsp3) is 0.885. The van der Waals surface area contributed by atoms with Crippen molar-refractivity contribution in [1.29, 1.82) is 0 Å². The minimum Gasteiger partial charge on any atom is -0.462 e. The van der Waals surface area contributed by atoms with Gasteiger partial charge < -0.3 is 18.9 Å². The zero-order chi connectivity index (χ0) is 24.7. The molecule has 0 aliphatic heterocycles. The molecule has 33 heavy (non-hydrogen) atoms. The molecule has 7 heteroatoms. The molecule has 0 aliphatic rings. The SMILES string of the molecule is CCCCCCCCCCCCCCCC(COCC(COC(C)=O)OC(C)=O)OC(C)=O. The van der Waals surface area contributed by atoms with Gasteiger partial charge in [-0.1, -0.05) is 84.0 Å². The average molecular weight is 473 g/mol. The normalized spacial score (nSPS) is 12.7. The van der Waals surface area contributed by atoms with E-state index in [2.05, 4.69) is 6.92 Å². The summed E-state index contributed by atoms with van der Waals surface area (Å²) in [7, 11) is 0. The Morgan fingerprint density at radius 1 is 0.545 bits per heavy atom. The molecular formula is C26H48O7. The number of carbonyl (C=O) groups is 3. The number of unbranched alkanes of at least 4 members (excludes halogenated alkanes) is 12. The van der Waals surface area contributed by atoms with E-state index in [0.717, 1.165) is 19.3 Å². The summed E-state index contributed by atoms with van der Waals surface area (Å²) in [5.74, 6) is -1.26. The third-order valence-corrected chi connectivity index (χ3v) is 5.37. The van der Waals surface area contributed by atoms with Gasteiger partial charge in [-0.05, 0) is 12.8 Å². The van der Waals surface area contributed by atoms with E-state index in [1.54, 1.807) is 0 Å². The Morgan fingerprint density at radius 2 is 0.970 bits per heavy atom. The molecule has 0 N–H and O–H groups in total. The highest BCUT2D eigenvalue weighted by Gasteiger charge is 2.17. The molecule has 0 amide bonds. The Balaban J connectivity index is 3.93. The van der Waals surface area contributed by atoms with E-state index in [1.165, 1.54) is 91.4 Å². The maximum absolute atomic E-state index is 11.4. The van der Waals surface area contributed by atoms with E-state index in [4.69, 9.17) is 18.9 Å². The molecule has 0 saturated carbocycles. The Bertz CT molecular complexity index is 507. The van der Waals surface area contributed by atoms with Crippen LogP contribution in [0.3, 0.4) is 0 Å². The third-order valence-electron chi connectivity index (χ3n) is 5.37. The first-order chi connectivity index (χ1) is 15.8. The highest BCUT2D eigenvalue weighted by molar-refractivity contribution is 5.67. The second kappa shape index (κ2) is 22.2. The van der Waals surface area contributed by atoms with Gasteiger partial charge in [0.05, 0.1) is 13.2 Å². The van der Waals surface area contributed by atoms with Gasteiger partial charge in [-0.3, -0.25) is 14.4 Å².